The van der Waals surface area contributed by atoms with E-state index in [9.17, 15) is 0 Å². The standard InChI is InChI=1S/C10H15N3S/c1-14-7-10-12-5-8(6-13-10)4-11-9-2-3-9/h5-6,9,11H,2-4,7H2,1H3. The highest BCUT2D eigenvalue weighted by Gasteiger charge is 2.19. The van der Waals surface area contributed by atoms with Crippen LogP contribution in [0.2, 0.25) is 0 Å². The maximum Gasteiger partial charge on any atom is 0.138 e. The molecule has 76 valence electrons. The number of hydrogen-bond donors (Lipinski definition) is 1. The minimum Gasteiger partial charge on any atom is -0.310 e. The highest BCUT2D eigenvalue weighted by Crippen LogP contribution is 2.19. The first kappa shape index (κ1) is 9.93. The monoisotopic (exact) mass is 209 g/mol. The number of hydrogen-bond acceptors (Lipinski definition) is 4. The lowest BCUT2D eigenvalue weighted by molar-refractivity contribution is 0.682. The molecule has 1 aromatic heterocycles. The van der Waals surface area contributed by atoms with Crippen molar-refractivity contribution in [2.75, 3.05) is 6.26 Å². The maximum absolute atomic E-state index is 4.29. The zero-order valence-electron chi connectivity index (χ0n) is 8.36. The zero-order valence-corrected chi connectivity index (χ0v) is 9.18. The average Bonchev–Trinajstić information content (AvgIpc) is 3.01. The Morgan fingerprint density at radius 3 is 2.71 bits per heavy atom. The van der Waals surface area contributed by atoms with Crippen LogP contribution in [0.1, 0.15) is 24.2 Å². The predicted molar refractivity (Wildman–Crippen MR) is 59.1 cm³/mol. The van der Waals surface area contributed by atoms with E-state index in [0.717, 1.165) is 24.2 Å². The lowest BCUT2D eigenvalue weighted by atomic mass is 10.3. The molecule has 1 saturated carbocycles. The van der Waals surface area contributed by atoms with Gasteiger partial charge in [0, 0.05) is 30.5 Å². The summed E-state index contributed by atoms with van der Waals surface area (Å²) < 4.78 is 0. The summed E-state index contributed by atoms with van der Waals surface area (Å²) in [6.45, 7) is 0.907. The average molecular weight is 209 g/mol. The van der Waals surface area contributed by atoms with Crippen LogP contribution in [0.15, 0.2) is 12.4 Å². The third-order valence-electron chi connectivity index (χ3n) is 2.20. The van der Waals surface area contributed by atoms with E-state index in [1.54, 1.807) is 11.8 Å². The number of aromatic nitrogens is 2. The van der Waals surface area contributed by atoms with Gasteiger partial charge in [-0.1, -0.05) is 0 Å². The van der Waals surface area contributed by atoms with Gasteiger partial charge in [-0.15, -0.1) is 0 Å². The second-order valence-electron chi connectivity index (χ2n) is 3.60. The Kier molecular flexibility index (Phi) is 3.37. The van der Waals surface area contributed by atoms with Crippen molar-refractivity contribution in [3.8, 4) is 0 Å². The van der Waals surface area contributed by atoms with E-state index in [0.29, 0.717) is 0 Å². The van der Waals surface area contributed by atoms with Crippen molar-refractivity contribution in [2.45, 2.75) is 31.2 Å². The van der Waals surface area contributed by atoms with Crippen molar-refractivity contribution in [1.82, 2.24) is 15.3 Å². The molecular weight excluding hydrogens is 194 g/mol. The first-order valence-corrected chi connectivity index (χ1v) is 6.30. The molecule has 0 saturated heterocycles. The van der Waals surface area contributed by atoms with Gasteiger partial charge in [0.2, 0.25) is 0 Å². The lowest BCUT2D eigenvalue weighted by Crippen LogP contribution is -2.15. The minimum absolute atomic E-state index is 0.751. The van der Waals surface area contributed by atoms with E-state index in [4.69, 9.17) is 0 Å². The molecule has 0 unspecified atom stereocenters. The summed E-state index contributed by atoms with van der Waals surface area (Å²) in [6.07, 6.45) is 8.56. The Bertz CT molecular complexity index is 282. The third-order valence-corrected chi connectivity index (χ3v) is 2.75. The summed E-state index contributed by atoms with van der Waals surface area (Å²) in [5.41, 5.74) is 1.18. The first-order valence-electron chi connectivity index (χ1n) is 4.90. The van der Waals surface area contributed by atoms with Crippen LogP contribution < -0.4 is 5.32 Å². The summed E-state index contributed by atoms with van der Waals surface area (Å²) in [6, 6.07) is 0.751. The van der Waals surface area contributed by atoms with Crippen molar-refractivity contribution in [3.63, 3.8) is 0 Å². The van der Waals surface area contributed by atoms with Gasteiger partial charge in [-0.2, -0.15) is 11.8 Å². The predicted octanol–water partition coefficient (Wildman–Crippen LogP) is 1.59. The van der Waals surface area contributed by atoms with Crippen LogP contribution in [0.3, 0.4) is 0 Å². The molecule has 1 aromatic rings. The summed E-state index contributed by atoms with van der Waals surface area (Å²) in [5, 5.41) is 3.44. The van der Waals surface area contributed by atoms with Crippen LogP contribution in [0.5, 0.6) is 0 Å². The smallest absolute Gasteiger partial charge is 0.138 e. The van der Waals surface area contributed by atoms with Crippen molar-refractivity contribution >= 4 is 11.8 Å². The number of thioether (sulfide) groups is 1. The molecule has 0 aliphatic heterocycles. The Morgan fingerprint density at radius 2 is 2.14 bits per heavy atom. The van der Waals surface area contributed by atoms with Gasteiger partial charge >= 0.3 is 0 Å². The molecule has 0 amide bonds. The van der Waals surface area contributed by atoms with E-state index in [-0.39, 0.29) is 0 Å². The molecule has 1 heterocycles. The molecule has 4 heteroatoms. The second kappa shape index (κ2) is 4.75. The molecule has 1 N–H and O–H groups in total. The van der Waals surface area contributed by atoms with Crippen LogP contribution in [-0.2, 0) is 12.3 Å². The molecule has 0 atom stereocenters. The SMILES string of the molecule is CSCc1ncc(CNC2CC2)cn1. The van der Waals surface area contributed by atoms with Gasteiger partial charge in [0.1, 0.15) is 5.82 Å². The Hall–Kier alpha value is -0.610. The van der Waals surface area contributed by atoms with Gasteiger partial charge in [0.15, 0.2) is 0 Å². The molecule has 0 bridgehead atoms. The van der Waals surface area contributed by atoms with Crippen LogP contribution in [0, 0.1) is 0 Å². The van der Waals surface area contributed by atoms with Gasteiger partial charge in [0.05, 0.1) is 5.75 Å². The molecular formula is C10H15N3S. The summed E-state index contributed by atoms with van der Waals surface area (Å²) in [5.74, 6) is 1.82. The highest BCUT2D eigenvalue weighted by atomic mass is 32.2. The minimum atomic E-state index is 0.751. The number of rotatable bonds is 5. The van der Waals surface area contributed by atoms with Crippen LogP contribution in [-0.4, -0.2) is 22.3 Å². The molecule has 1 aliphatic rings. The van der Waals surface area contributed by atoms with Gasteiger partial charge in [-0.3, -0.25) is 0 Å². The van der Waals surface area contributed by atoms with E-state index in [2.05, 4.69) is 21.5 Å². The topological polar surface area (TPSA) is 37.8 Å². The van der Waals surface area contributed by atoms with Crippen LogP contribution >= 0.6 is 11.8 Å². The fourth-order valence-electron chi connectivity index (χ4n) is 1.23. The van der Waals surface area contributed by atoms with Crippen molar-refractivity contribution in [1.29, 1.82) is 0 Å². The van der Waals surface area contributed by atoms with Gasteiger partial charge in [0.25, 0.3) is 0 Å². The van der Waals surface area contributed by atoms with Gasteiger partial charge < -0.3 is 5.32 Å². The zero-order chi connectivity index (χ0) is 9.80. The normalized spacial score (nSPS) is 15.8. The van der Waals surface area contributed by atoms with Crippen molar-refractivity contribution in [2.24, 2.45) is 0 Å². The Labute approximate surface area is 88.7 Å². The summed E-state index contributed by atoms with van der Waals surface area (Å²) >= 11 is 1.75. The van der Waals surface area contributed by atoms with E-state index in [1.807, 2.05) is 12.4 Å². The maximum atomic E-state index is 4.29. The fraction of sp³-hybridized carbons (Fsp3) is 0.600. The van der Waals surface area contributed by atoms with Gasteiger partial charge in [-0.25, -0.2) is 9.97 Å². The first-order chi connectivity index (χ1) is 6.88. The summed E-state index contributed by atoms with van der Waals surface area (Å²) in [4.78, 5) is 8.59. The molecule has 14 heavy (non-hydrogen) atoms. The van der Waals surface area contributed by atoms with E-state index in [1.165, 1.54) is 18.4 Å². The van der Waals surface area contributed by atoms with Crippen LogP contribution in [0.25, 0.3) is 0 Å². The molecule has 0 aromatic carbocycles. The number of nitrogens with one attached hydrogen (secondary N) is 1. The molecule has 1 aliphatic carbocycles. The van der Waals surface area contributed by atoms with E-state index >= 15 is 0 Å². The quantitative estimate of drug-likeness (QED) is 0.799. The molecule has 0 spiro atoms. The Balaban J connectivity index is 1.84. The third kappa shape index (κ3) is 2.96. The highest BCUT2D eigenvalue weighted by molar-refractivity contribution is 7.97. The van der Waals surface area contributed by atoms with Gasteiger partial charge in [-0.05, 0) is 19.1 Å². The number of nitrogens with zero attached hydrogens (tertiary/aromatic N) is 2. The second-order valence-corrected chi connectivity index (χ2v) is 4.46. The largest absolute Gasteiger partial charge is 0.310 e. The lowest BCUT2D eigenvalue weighted by Gasteiger charge is -2.02. The van der Waals surface area contributed by atoms with Crippen LogP contribution in [0.4, 0.5) is 0 Å². The molecule has 1 fully saturated rings. The molecule has 0 radical (unpaired) electrons. The van der Waals surface area contributed by atoms with Crippen molar-refractivity contribution < 1.29 is 0 Å². The van der Waals surface area contributed by atoms with Crippen molar-refractivity contribution in [3.05, 3.63) is 23.8 Å². The molecule has 3 nitrogen and oxygen atoms in total. The molecule has 2 rings (SSSR count). The van der Waals surface area contributed by atoms with E-state index < -0.39 is 0 Å². The summed E-state index contributed by atoms with van der Waals surface area (Å²) in [7, 11) is 0. The fourth-order valence-corrected chi connectivity index (χ4v) is 1.63. The Morgan fingerprint density at radius 1 is 1.43 bits per heavy atom.